The van der Waals surface area contributed by atoms with Gasteiger partial charge in [0.15, 0.2) is 0 Å². The molecule has 1 aromatic carbocycles. The van der Waals surface area contributed by atoms with Crippen LogP contribution in [-0.4, -0.2) is 20.3 Å². The lowest BCUT2D eigenvalue weighted by Crippen LogP contribution is -2.25. The summed E-state index contributed by atoms with van der Waals surface area (Å²) < 4.78 is 6.40. The van der Waals surface area contributed by atoms with Crippen molar-refractivity contribution in [2.75, 3.05) is 20.3 Å². The molecule has 0 fully saturated rings. The van der Waals surface area contributed by atoms with Crippen LogP contribution in [0.25, 0.3) is 0 Å². The van der Waals surface area contributed by atoms with Crippen molar-refractivity contribution in [2.24, 2.45) is 0 Å². The summed E-state index contributed by atoms with van der Waals surface area (Å²) in [6, 6.07) is 6.74. The summed E-state index contributed by atoms with van der Waals surface area (Å²) in [6.07, 6.45) is 1.13. The van der Waals surface area contributed by atoms with Gasteiger partial charge < -0.3 is 10.1 Å². The molecule has 0 saturated carbocycles. The van der Waals surface area contributed by atoms with Gasteiger partial charge in [-0.3, -0.25) is 0 Å². The van der Waals surface area contributed by atoms with Gasteiger partial charge in [-0.25, -0.2) is 0 Å². The highest BCUT2D eigenvalue weighted by Gasteiger charge is 2.10. The zero-order valence-corrected chi connectivity index (χ0v) is 11.8. The predicted molar refractivity (Wildman–Crippen MR) is 71.8 cm³/mol. The van der Waals surface area contributed by atoms with E-state index in [9.17, 15) is 0 Å². The van der Waals surface area contributed by atoms with Gasteiger partial charge in [0.25, 0.3) is 0 Å². The SMILES string of the molecule is CCCNC(COC)c1ccc(C)c(Br)c1. The highest BCUT2D eigenvalue weighted by molar-refractivity contribution is 9.10. The number of hydrogen-bond acceptors (Lipinski definition) is 2. The molecule has 0 aliphatic carbocycles. The highest BCUT2D eigenvalue weighted by atomic mass is 79.9. The third-order valence-corrected chi connectivity index (χ3v) is 3.43. The van der Waals surface area contributed by atoms with Gasteiger partial charge in [-0.2, -0.15) is 0 Å². The normalized spacial score (nSPS) is 12.8. The van der Waals surface area contributed by atoms with Crippen molar-refractivity contribution in [3.8, 4) is 0 Å². The van der Waals surface area contributed by atoms with Crippen LogP contribution in [0.3, 0.4) is 0 Å². The molecule has 90 valence electrons. The minimum atomic E-state index is 0.279. The number of hydrogen-bond donors (Lipinski definition) is 1. The molecule has 0 amide bonds. The molecule has 16 heavy (non-hydrogen) atoms. The van der Waals surface area contributed by atoms with Crippen LogP contribution < -0.4 is 5.32 Å². The molecule has 0 aliphatic rings. The number of nitrogens with one attached hydrogen (secondary N) is 1. The van der Waals surface area contributed by atoms with Crippen molar-refractivity contribution in [1.82, 2.24) is 5.32 Å². The maximum atomic E-state index is 5.25. The van der Waals surface area contributed by atoms with Crippen LogP contribution in [0.1, 0.15) is 30.5 Å². The van der Waals surface area contributed by atoms with Crippen LogP contribution in [-0.2, 0) is 4.74 Å². The van der Waals surface area contributed by atoms with E-state index in [4.69, 9.17) is 4.74 Å². The Bertz CT molecular complexity index is 328. The standard InChI is InChI=1S/C13H20BrNO/c1-4-7-15-13(9-16-3)11-6-5-10(2)12(14)8-11/h5-6,8,13,15H,4,7,9H2,1-3H3. The van der Waals surface area contributed by atoms with E-state index in [1.165, 1.54) is 11.1 Å². The molecule has 3 heteroatoms. The lowest BCUT2D eigenvalue weighted by atomic mass is 10.1. The van der Waals surface area contributed by atoms with E-state index in [0.717, 1.165) is 17.4 Å². The van der Waals surface area contributed by atoms with Crippen molar-refractivity contribution in [2.45, 2.75) is 26.3 Å². The molecule has 0 bridgehead atoms. The topological polar surface area (TPSA) is 21.3 Å². The Hall–Kier alpha value is -0.380. The number of halogens is 1. The van der Waals surface area contributed by atoms with Gasteiger partial charge in [0.2, 0.25) is 0 Å². The Labute approximate surface area is 107 Å². The van der Waals surface area contributed by atoms with Crippen molar-refractivity contribution in [3.05, 3.63) is 33.8 Å². The molecule has 1 unspecified atom stereocenters. The van der Waals surface area contributed by atoms with E-state index in [2.05, 4.69) is 53.3 Å². The van der Waals surface area contributed by atoms with Gasteiger partial charge in [-0.1, -0.05) is 35.0 Å². The molecule has 0 aromatic heterocycles. The lowest BCUT2D eigenvalue weighted by Gasteiger charge is -2.18. The van der Waals surface area contributed by atoms with E-state index in [0.29, 0.717) is 6.61 Å². The molecule has 0 heterocycles. The average molecular weight is 286 g/mol. The molecule has 1 atom stereocenters. The number of methoxy groups -OCH3 is 1. The number of rotatable bonds is 6. The fourth-order valence-corrected chi connectivity index (χ4v) is 1.98. The van der Waals surface area contributed by atoms with Gasteiger partial charge in [-0.15, -0.1) is 0 Å². The Kier molecular flexibility index (Phi) is 6.03. The monoisotopic (exact) mass is 285 g/mol. The number of ether oxygens (including phenoxy) is 1. The highest BCUT2D eigenvalue weighted by Crippen LogP contribution is 2.22. The van der Waals surface area contributed by atoms with Crippen LogP contribution in [0.15, 0.2) is 22.7 Å². The second kappa shape index (κ2) is 7.05. The quantitative estimate of drug-likeness (QED) is 0.865. The maximum Gasteiger partial charge on any atom is 0.0657 e. The summed E-state index contributed by atoms with van der Waals surface area (Å²) in [5.41, 5.74) is 2.53. The van der Waals surface area contributed by atoms with Crippen molar-refractivity contribution < 1.29 is 4.74 Å². The molecule has 2 nitrogen and oxygen atoms in total. The number of benzene rings is 1. The van der Waals surface area contributed by atoms with Crippen molar-refractivity contribution in [1.29, 1.82) is 0 Å². The first-order chi connectivity index (χ1) is 7.69. The predicted octanol–water partition coefficient (Wildman–Crippen LogP) is 3.44. The Morgan fingerprint density at radius 3 is 2.75 bits per heavy atom. The summed E-state index contributed by atoms with van der Waals surface area (Å²) in [5.74, 6) is 0. The Balaban J connectivity index is 2.78. The van der Waals surface area contributed by atoms with Gasteiger partial charge in [-0.05, 0) is 37.1 Å². The second-order valence-corrected chi connectivity index (χ2v) is 4.83. The number of aryl methyl sites for hydroxylation is 1. The molecule has 0 aliphatic heterocycles. The van der Waals surface area contributed by atoms with Crippen LogP contribution in [0.4, 0.5) is 0 Å². The molecule has 1 N–H and O–H groups in total. The zero-order valence-electron chi connectivity index (χ0n) is 10.2. The van der Waals surface area contributed by atoms with Crippen LogP contribution in [0, 0.1) is 6.92 Å². The van der Waals surface area contributed by atoms with Gasteiger partial charge in [0.1, 0.15) is 0 Å². The molecule has 0 saturated heterocycles. The first-order valence-corrected chi connectivity index (χ1v) is 6.46. The van der Waals surface area contributed by atoms with Gasteiger partial charge in [0.05, 0.1) is 12.6 Å². The fourth-order valence-electron chi connectivity index (χ4n) is 1.58. The van der Waals surface area contributed by atoms with Crippen LogP contribution >= 0.6 is 15.9 Å². The van der Waals surface area contributed by atoms with E-state index >= 15 is 0 Å². The third kappa shape index (κ3) is 3.89. The first kappa shape index (κ1) is 13.7. The summed E-state index contributed by atoms with van der Waals surface area (Å²) in [5, 5.41) is 3.49. The average Bonchev–Trinajstić information content (AvgIpc) is 2.28. The van der Waals surface area contributed by atoms with Crippen molar-refractivity contribution >= 4 is 15.9 Å². The van der Waals surface area contributed by atoms with Crippen molar-refractivity contribution in [3.63, 3.8) is 0 Å². The third-order valence-electron chi connectivity index (χ3n) is 2.57. The lowest BCUT2D eigenvalue weighted by molar-refractivity contribution is 0.167. The molecule has 0 spiro atoms. The molecule has 1 aromatic rings. The van der Waals surface area contributed by atoms with E-state index in [-0.39, 0.29) is 6.04 Å². The van der Waals surface area contributed by atoms with E-state index in [1.54, 1.807) is 7.11 Å². The molecular formula is C13H20BrNO. The summed E-state index contributed by atoms with van der Waals surface area (Å²) >= 11 is 3.57. The summed E-state index contributed by atoms with van der Waals surface area (Å²) in [6.45, 7) is 5.98. The van der Waals surface area contributed by atoms with Crippen LogP contribution in [0.5, 0.6) is 0 Å². The minimum absolute atomic E-state index is 0.279. The summed E-state index contributed by atoms with van der Waals surface area (Å²) in [7, 11) is 1.74. The maximum absolute atomic E-state index is 5.25. The van der Waals surface area contributed by atoms with Crippen LogP contribution in [0.2, 0.25) is 0 Å². The van der Waals surface area contributed by atoms with Gasteiger partial charge in [0, 0.05) is 11.6 Å². The van der Waals surface area contributed by atoms with Gasteiger partial charge >= 0.3 is 0 Å². The largest absolute Gasteiger partial charge is 0.383 e. The molecular weight excluding hydrogens is 266 g/mol. The molecule has 0 radical (unpaired) electrons. The fraction of sp³-hybridized carbons (Fsp3) is 0.538. The smallest absolute Gasteiger partial charge is 0.0657 e. The second-order valence-electron chi connectivity index (χ2n) is 3.97. The zero-order chi connectivity index (χ0) is 12.0. The van der Waals surface area contributed by atoms with E-state index < -0.39 is 0 Å². The minimum Gasteiger partial charge on any atom is -0.383 e. The first-order valence-electron chi connectivity index (χ1n) is 5.67. The Morgan fingerprint density at radius 2 is 2.19 bits per heavy atom. The van der Waals surface area contributed by atoms with E-state index in [1.807, 2.05) is 0 Å². The molecule has 1 rings (SSSR count). The summed E-state index contributed by atoms with van der Waals surface area (Å²) in [4.78, 5) is 0. The Morgan fingerprint density at radius 1 is 1.44 bits per heavy atom.